The van der Waals surface area contributed by atoms with Crippen molar-refractivity contribution in [3.8, 4) is 0 Å². The summed E-state index contributed by atoms with van der Waals surface area (Å²) in [6.45, 7) is 11.3. The molecule has 0 aromatic heterocycles. The van der Waals surface area contributed by atoms with Crippen LogP contribution in [-0.2, 0) is 4.74 Å². The van der Waals surface area contributed by atoms with Crippen LogP contribution in [0.25, 0.3) is 0 Å². The van der Waals surface area contributed by atoms with Crippen LogP contribution in [0.5, 0.6) is 0 Å². The maximum Gasteiger partial charge on any atom is 0.0496 e. The SMILES string of the molecule is CCOC[C@@H]1C[C@H]2C[C@H](C(C)C)[C@H]1C[C@H]2C. The van der Waals surface area contributed by atoms with Gasteiger partial charge in [0.25, 0.3) is 0 Å². The number of ether oxygens (including phenoxy) is 1. The Morgan fingerprint density at radius 3 is 2.50 bits per heavy atom. The van der Waals surface area contributed by atoms with E-state index in [0.29, 0.717) is 0 Å². The van der Waals surface area contributed by atoms with E-state index in [1.165, 1.54) is 19.3 Å². The second-order valence-corrected chi connectivity index (χ2v) is 6.44. The summed E-state index contributed by atoms with van der Waals surface area (Å²) in [4.78, 5) is 0. The van der Waals surface area contributed by atoms with Gasteiger partial charge >= 0.3 is 0 Å². The van der Waals surface area contributed by atoms with Crippen LogP contribution in [0, 0.1) is 35.5 Å². The van der Waals surface area contributed by atoms with Gasteiger partial charge in [0, 0.05) is 13.2 Å². The van der Waals surface area contributed by atoms with Crippen molar-refractivity contribution in [2.75, 3.05) is 13.2 Å². The van der Waals surface area contributed by atoms with Gasteiger partial charge in [-0.05, 0) is 61.7 Å². The van der Waals surface area contributed by atoms with Crippen molar-refractivity contribution < 1.29 is 4.74 Å². The van der Waals surface area contributed by atoms with Gasteiger partial charge < -0.3 is 4.74 Å². The van der Waals surface area contributed by atoms with E-state index in [1.807, 2.05) is 0 Å². The minimum atomic E-state index is 0.863. The van der Waals surface area contributed by atoms with Gasteiger partial charge in [0.05, 0.1) is 0 Å². The topological polar surface area (TPSA) is 9.23 Å². The van der Waals surface area contributed by atoms with Crippen molar-refractivity contribution in [1.29, 1.82) is 0 Å². The van der Waals surface area contributed by atoms with Gasteiger partial charge in [0.2, 0.25) is 0 Å². The minimum Gasteiger partial charge on any atom is -0.381 e. The predicted molar refractivity (Wildman–Crippen MR) is 68.3 cm³/mol. The summed E-state index contributed by atoms with van der Waals surface area (Å²) >= 11 is 0. The predicted octanol–water partition coefficient (Wildman–Crippen LogP) is 3.98. The smallest absolute Gasteiger partial charge is 0.0496 e. The van der Waals surface area contributed by atoms with Gasteiger partial charge in [-0.2, -0.15) is 0 Å². The van der Waals surface area contributed by atoms with Gasteiger partial charge in [-0.25, -0.2) is 0 Å². The van der Waals surface area contributed by atoms with Gasteiger partial charge in [0.15, 0.2) is 0 Å². The number of rotatable bonds is 4. The van der Waals surface area contributed by atoms with Crippen molar-refractivity contribution in [3.05, 3.63) is 0 Å². The molecule has 0 heterocycles. The molecule has 3 aliphatic carbocycles. The first-order chi connectivity index (χ1) is 7.63. The minimum absolute atomic E-state index is 0.863. The van der Waals surface area contributed by atoms with Crippen LogP contribution in [0.3, 0.4) is 0 Å². The molecule has 94 valence electrons. The fourth-order valence-corrected chi connectivity index (χ4v) is 4.21. The number of hydrogen-bond donors (Lipinski definition) is 0. The Kier molecular flexibility index (Phi) is 3.94. The Morgan fingerprint density at radius 1 is 1.19 bits per heavy atom. The monoisotopic (exact) mass is 224 g/mol. The van der Waals surface area contributed by atoms with E-state index in [0.717, 1.165) is 48.7 Å². The second kappa shape index (κ2) is 5.08. The van der Waals surface area contributed by atoms with Crippen LogP contribution in [0.2, 0.25) is 0 Å². The van der Waals surface area contributed by atoms with Crippen molar-refractivity contribution >= 4 is 0 Å². The Balaban J connectivity index is 2.02. The molecule has 0 unspecified atom stereocenters. The highest BCUT2D eigenvalue weighted by molar-refractivity contribution is 4.95. The Bertz CT molecular complexity index is 223. The van der Waals surface area contributed by atoms with Crippen LogP contribution < -0.4 is 0 Å². The zero-order chi connectivity index (χ0) is 11.7. The molecule has 0 aromatic rings. The van der Waals surface area contributed by atoms with E-state index in [4.69, 9.17) is 4.74 Å². The molecule has 3 rings (SSSR count). The maximum atomic E-state index is 5.69. The molecular formula is C15H28O. The molecule has 0 N–H and O–H groups in total. The van der Waals surface area contributed by atoms with Crippen LogP contribution in [-0.4, -0.2) is 13.2 Å². The average molecular weight is 224 g/mol. The highest BCUT2D eigenvalue weighted by Gasteiger charge is 2.45. The highest BCUT2D eigenvalue weighted by atomic mass is 16.5. The molecular weight excluding hydrogens is 196 g/mol. The van der Waals surface area contributed by atoms with Crippen molar-refractivity contribution in [2.45, 2.75) is 47.0 Å². The fraction of sp³-hybridized carbons (Fsp3) is 1.00. The third-order valence-electron chi connectivity index (χ3n) is 5.18. The standard InChI is InChI=1S/C15H28O/c1-5-16-9-13-7-12-8-14(10(2)3)15(13)6-11(12)4/h10-15H,5-9H2,1-4H3/t11-,12+,13+,14-,15+/m1/s1. The summed E-state index contributed by atoms with van der Waals surface area (Å²) in [6, 6.07) is 0. The Labute approximate surface area is 101 Å². The number of fused-ring (bicyclic) bond motifs is 3. The Morgan fingerprint density at radius 2 is 1.94 bits per heavy atom. The van der Waals surface area contributed by atoms with Gasteiger partial charge in [-0.1, -0.05) is 20.8 Å². The molecule has 16 heavy (non-hydrogen) atoms. The molecule has 0 saturated heterocycles. The molecule has 1 heteroatoms. The molecule has 5 atom stereocenters. The third-order valence-corrected chi connectivity index (χ3v) is 5.18. The molecule has 3 saturated carbocycles. The van der Waals surface area contributed by atoms with Gasteiger partial charge in [-0.3, -0.25) is 0 Å². The molecule has 0 aliphatic heterocycles. The summed E-state index contributed by atoms with van der Waals surface area (Å²) in [7, 11) is 0. The maximum absolute atomic E-state index is 5.69. The molecule has 2 bridgehead atoms. The summed E-state index contributed by atoms with van der Waals surface area (Å²) in [5, 5.41) is 0. The molecule has 3 fully saturated rings. The molecule has 1 nitrogen and oxygen atoms in total. The van der Waals surface area contributed by atoms with E-state index in [2.05, 4.69) is 27.7 Å². The van der Waals surface area contributed by atoms with Gasteiger partial charge in [-0.15, -0.1) is 0 Å². The van der Waals surface area contributed by atoms with E-state index >= 15 is 0 Å². The van der Waals surface area contributed by atoms with Crippen molar-refractivity contribution in [1.82, 2.24) is 0 Å². The normalized spacial score (nSPS) is 42.9. The molecule has 0 amide bonds. The van der Waals surface area contributed by atoms with E-state index < -0.39 is 0 Å². The van der Waals surface area contributed by atoms with Crippen molar-refractivity contribution in [3.63, 3.8) is 0 Å². The third kappa shape index (κ3) is 2.30. The van der Waals surface area contributed by atoms with Crippen LogP contribution >= 0.6 is 0 Å². The number of hydrogen-bond acceptors (Lipinski definition) is 1. The highest BCUT2D eigenvalue weighted by Crippen LogP contribution is 2.53. The lowest BCUT2D eigenvalue weighted by molar-refractivity contribution is -0.0560. The molecule has 0 aromatic carbocycles. The zero-order valence-corrected chi connectivity index (χ0v) is 11.4. The fourth-order valence-electron chi connectivity index (χ4n) is 4.21. The van der Waals surface area contributed by atoms with Crippen LogP contribution in [0.15, 0.2) is 0 Å². The summed E-state index contributed by atoms with van der Waals surface area (Å²) in [5.41, 5.74) is 0. The zero-order valence-electron chi connectivity index (χ0n) is 11.4. The summed E-state index contributed by atoms with van der Waals surface area (Å²) in [5.74, 6) is 5.61. The first kappa shape index (κ1) is 12.4. The lowest BCUT2D eigenvalue weighted by Crippen LogP contribution is -2.45. The lowest BCUT2D eigenvalue weighted by Gasteiger charge is -2.52. The van der Waals surface area contributed by atoms with Crippen LogP contribution in [0.4, 0.5) is 0 Å². The molecule has 3 aliphatic rings. The van der Waals surface area contributed by atoms with Crippen LogP contribution in [0.1, 0.15) is 47.0 Å². The van der Waals surface area contributed by atoms with Gasteiger partial charge in [0.1, 0.15) is 0 Å². The quantitative estimate of drug-likeness (QED) is 0.702. The largest absolute Gasteiger partial charge is 0.381 e. The summed E-state index contributed by atoms with van der Waals surface area (Å²) in [6.07, 6.45) is 4.40. The van der Waals surface area contributed by atoms with E-state index in [-0.39, 0.29) is 0 Å². The average Bonchev–Trinajstić information content (AvgIpc) is 2.26. The molecule has 0 spiro atoms. The summed E-state index contributed by atoms with van der Waals surface area (Å²) < 4.78 is 5.69. The first-order valence-corrected chi connectivity index (χ1v) is 7.21. The van der Waals surface area contributed by atoms with E-state index in [1.54, 1.807) is 0 Å². The van der Waals surface area contributed by atoms with Crippen molar-refractivity contribution in [2.24, 2.45) is 35.5 Å². The first-order valence-electron chi connectivity index (χ1n) is 7.21. The van der Waals surface area contributed by atoms with E-state index in [9.17, 15) is 0 Å². The second-order valence-electron chi connectivity index (χ2n) is 6.44. The Hall–Kier alpha value is -0.0400. The molecule has 0 radical (unpaired) electrons. The lowest BCUT2D eigenvalue weighted by atomic mass is 9.54.